The molecule has 0 saturated carbocycles. The van der Waals surface area contributed by atoms with E-state index >= 15 is 0 Å². The third-order valence-corrected chi connectivity index (χ3v) is 3.29. The lowest BCUT2D eigenvalue weighted by Crippen LogP contribution is -2.47. The fourth-order valence-corrected chi connectivity index (χ4v) is 2.04. The van der Waals surface area contributed by atoms with Crippen molar-refractivity contribution in [2.45, 2.75) is 25.6 Å². The summed E-state index contributed by atoms with van der Waals surface area (Å²) in [7, 11) is 1.47. The molecule has 0 aliphatic carbocycles. The highest BCUT2D eigenvalue weighted by molar-refractivity contribution is 9.10. The van der Waals surface area contributed by atoms with E-state index in [2.05, 4.69) is 21.2 Å². The summed E-state index contributed by atoms with van der Waals surface area (Å²) < 4.78 is 23.7. The number of halogens is 2. The predicted molar refractivity (Wildman–Crippen MR) is 79.7 cm³/mol. The Morgan fingerprint density at radius 1 is 1.57 bits per heavy atom. The number of nitrogens with one attached hydrogen (secondary N) is 1. The number of hydrogen-bond acceptors (Lipinski definition) is 4. The van der Waals surface area contributed by atoms with Crippen LogP contribution in [0.5, 0.6) is 5.75 Å². The maximum Gasteiger partial charge on any atom is 0.260 e. The molecule has 0 aliphatic heterocycles. The van der Waals surface area contributed by atoms with Crippen LogP contribution < -0.4 is 10.1 Å². The van der Waals surface area contributed by atoms with Gasteiger partial charge in [-0.1, -0.05) is 0 Å². The molecule has 0 saturated heterocycles. The van der Waals surface area contributed by atoms with Crippen molar-refractivity contribution in [2.24, 2.45) is 0 Å². The van der Waals surface area contributed by atoms with E-state index in [9.17, 15) is 14.3 Å². The van der Waals surface area contributed by atoms with Crippen LogP contribution in [0.4, 0.5) is 4.39 Å². The van der Waals surface area contributed by atoms with Crippen LogP contribution in [0.25, 0.3) is 0 Å². The third kappa shape index (κ3) is 5.99. The minimum Gasteiger partial charge on any atom is -0.480 e. The zero-order chi connectivity index (χ0) is 16.0. The molecular weight excluding hydrogens is 345 g/mol. The molecule has 0 radical (unpaired) electrons. The zero-order valence-corrected chi connectivity index (χ0v) is 13.7. The first-order valence-corrected chi connectivity index (χ1v) is 7.15. The van der Waals surface area contributed by atoms with Crippen LogP contribution in [-0.4, -0.2) is 43.0 Å². The summed E-state index contributed by atoms with van der Waals surface area (Å²) in [4.78, 5) is 11.9. The quantitative estimate of drug-likeness (QED) is 0.775. The van der Waals surface area contributed by atoms with E-state index in [1.54, 1.807) is 13.8 Å². The van der Waals surface area contributed by atoms with Crippen molar-refractivity contribution in [3.63, 3.8) is 0 Å². The second-order valence-corrected chi connectivity index (χ2v) is 5.84. The number of rotatable bonds is 7. The number of carbonyl (C=O) groups is 1. The van der Waals surface area contributed by atoms with Gasteiger partial charge in [-0.25, -0.2) is 4.39 Å². The Bertz CT molecular complexity index is 496. The van der Waals surface area contributed by atoms with Crippen molar-refractivity contribution in [3.05, 3.63) is 28.5 Å². The van der Waals surface area contributed by atoms with Crippen molar-refractivity contribution in [1.29, 1.82) is 0 Å². The maximum atomic E-state index is 13.0. The third-order valence-electron chi connectivity index (χ3n) is 2.67. The van der Waals surface area contributed by atoms with Crippen LogP contribution in [0, 0.1) is 5.82 Å². The molecule has 0 heterocycles. The number of methoxy groups -OCH3 is 1. The van der Waals surface area contributed by atoms with Gasteiger partial charge in [0.25, 0.3) is 5.91 Å². The molecule has 1 aromatic rings. The van der Waals surface area contributed by atoms with E-state index < -0.39 is 17.5 Å². The van der Waals surface area contributed by atoms with Crippen molar-refractivity contribution in [1.82, 2.24) is 5.32 Å². The van der Waals surface area contributed by atoms with Crippen molar-refractivity contribution in [3.8, 4) is 5.75 Å². The molecule has 118 valence electrons. The molecule has 1 amide bonds. The SMILES string of the molecule is COC[C@@](C)(O)CNC(=O)[C@@H](C)Oc1ccc(F)cc1Br. The lowest BCUT2D eigenvalue weighted by atomic mass is 10.1. The van der Waals surface area contributed by atoms with E-state index in [-0.39, 0.29) is 19.1 Å². The second-order valence-electron chi connectivity index (χ2n) is 4.98. The number of aliphatic hydroxyl groups is 1. The van der Waals surface area contributed by atoms with Crippen LogP contribution in [0.15, 0.2) is 22.7 Å². The molecule has 1 aromatic carbocycles. The summed E-state index contributed by atoms with van der Waals surface area (Å²) in [6.45, 7) is 3.26. The van der Waals surface area contributed by atoms with E-state index in [4.69, 9.17) is 9.47 Å². The fourth-order valence-electron chi connectivity index (χ4n) is 1.60. The van der Waals surface area contributed by atoms with Gasteiger partial charge in [-0.05, 0) is 48.0 Å². The highest BCUT2D eigenvalue weighted by Gasteiger charge is 2.23. The van der Waals surface area contributed by atoms with Crippen molar-refractivity contribution < 1.29 is 23.8 Å². The Morgan fingerprint density at radius 2 is 2.24 bits per heavy atom. The van der Waals surface area contributed by atoms with Gasteiger partial charge < -0.3 is 19.9 Å². The molecule has 5 nitrogen and oxygen atoms in total. The lowest BCUT2D eigenvalue weighted by molar-refractivity contribution is -0.128. The standard InChI is InChI=1S/C14H19BrFNO4/c1-9(13(18)17-7-14(2,19)8-20-3)21-12-5-4-10(16)6-11(12)15/h4-6,9,19H,7-8H2,1-3H3,(H,17,18)/t9-,14+/m1/s1. The highest BCUT2D eigenvalue weighted by atomic mass is 79.9. The maximum absolute atomic E-state index is 13.0. The minimum atomic E-state index is -1.15. The zero-order valence-electron chi connectivity index (χ0n) is 12.2. The summed E-state index contributed by atoms with van der Waals surface area (Å²) in [5, 5.41) is 12.5. The average molecular weight is 364 g/mol. The first-order valence-electron chi connectivity index (χ1n) is 6.36. The van der Waals surface area contributed by atoms with Gasteiger partial charge in [-0.3, -0.25) is 4.79 Å². The van der Waals surface area contributed by atoms with E-state index in [1.807, 2.05) is 0 Å². The predicted octanol–water partition coefficient (Wildman–Crippen LogP) is 1.87. The van der Waals surface area contributed by atoms with Crippen molar-refractivity contribution in [2.75, 3.05) is 20.3 Å². The number of ether oxygens (including phenoxy) is 2. The molecule has 0 bridgehead atoms. The molecule has 2 N–H and O–H groups in total. The monoisotopic (exact) mass is 363 g/mol. The number of hydrogen-bond donors (Lipinski definition) is 2. The number of carbonyl (C=O) groups excluding carboxylic acids is 1. The Hall–Kier alpha value is -1.18. The van der Waals surface area contributed by atoms with Gasteiger partial charge in [0.2, 0.25) is 0 Å². The Morgan fingerprint density at radius 3 is 2.81 bits per heavy atom. The summed E-state index contributed by atoms with van der Waals surface area (Å²) in [5.41, 5.74) is -1.15. The van der Waals surface area contributed by atoms with Crippen LogP contribution in [0.3, 0.4) is 0 Å². The molecule has 0 aromatic heterocycles. The topological polar surface area (TPSA) is 67.8 Å². The first kappa shape index (κ1) is 17.9. The Labute approximate surface area is 131 Å². The van der Waals surface area contributed by atoms with Crippen LogP contribution in [0.1, 0.15) is 13.8 Å². The van der Waals surface area contributed by atoms with Gasteiger partial charge >= 0.3 is 0 Å². The number of benzene rings is 1. The molecule has 1 rings (SSSR count). The lowest BCUT2D eigenvalue weighted by Gasteiger charge is -2.24. The molecular formula is C14H19BrFNO4. The van der Waals surface area contributed by atoms with Gasteiger partial charge in [-0.2, -0.15) is 0 Å². The summed E-state index contributed by atoms with van der Waals surface area (Å²) in [6, 6.07) is 3.93. The largest absolute Gasteiger partial charge is 0.480 e. The number of amides is 1. The Kier molecular flexibility index (Phi) is 6.57. The highest BCUT2D eigenvalue weighted by Crippen LogP contribution is 2.26. The smallest absolute Gasteiger partial charge is 0.260 e. The average Bonchev–Trinajstić information content (AvgIpc) is 2.39. The van der Waals surface area contributed by atoms with E-state index in [0.29, 0.717) is 10.2 Å². The molecule has 2 atom stereocenters. The van der Waals surface area contributed by atoms with Crippen LogP contribution >= 0.6 is 15.9 Å². The van der Waals surface area contributed by atoms with Gasteiger partial charge in [0.05, 0.1) is 11.1 Å². The second kappa shape index (κ2) is 7.72. The van der Waals surface area contributed by atoms with Gasteiger partial charge in [0, 0.05) is 13.7 Å². The van der Waals surface area contributed by atoms with E-state index in [1.165, 1.54) is 25.3 Å². The van der Waals surface area contributed by atoms with E-state index in [0.717, 1.165) is 0 Å². The molecule has 0 fully saturated rings. The Balaban J connectivity index is 2.55. The summed E-state index contributed by atoms with van der Waals surface area (Å²) in [5.74, 6) is -0.424. The first-order chi connectivity index (χ1) is 9.75. The van der Waals surface area contributed by atoms with Crippen LogP contribution in [0.2, 0.25) is 0 Å². The molecule has 0 unspecified atom stereocenters. The normalized spacial score (nSPS) is 15.1. The van der Waals surface area contributed by atoms with Gasteiger partial charge in [-0.15, -0.1) is 0 Å². The molecule has 21 heavy (non-hydrogen) atoms. The van der Waals surface area contributed by atoms with Gasteiger partial charge in [0.1, 0.15) is 17.2 Å². The minimum absolute atomic E-state index is 0.0396. The molecule has 7 heteroatoms. The fraction of sp³-hybridized carbons (Fsp3) is 0.500. The van der Waals surface area contributed by atoms with Gasteiger partial charge in [0.15, 0.2) is 6.10 Å². The van der Waals surface area contributed by atoms with Crippen molar-refractivity contribution >= 4 is 21.8 Å². The summed E-state index contributed by atoms with van der Waals surface area (Å²) >= 11 is 3.16. The molecule has 0 spiro atoms. The summed E-state index contributed by atoms with van der Waals surface area (Å²) in [6.07, 6.45) is -0.787. The molecule has 0 aliphatic rings. The van der Waals surface area contributed by atoms with Crippen LogP contribution in [-0.2, 0) is 9.53 Å².